The first-order chi connectivity index (χ1) is 7.18. The molecular formula is C12H17ClN2. The van der Waals surface area contributed by atoms with E-state index in [1.165, 1.54) is 5.56 Å². The van der Waals surface area contributed by atoms with Gasteiger partial charge < -0.3 is 4.90 Å². The van der Waals surface area contributed by atoms with Crippen molar-refractivity contribution < 1.29 is 0 Å². The molecule has 2 unspecified atom stereocenters. The molecule has 2 heterocycles. The number of aromatic nitrogens is 1. The molecule has 2 atom stereocenters. The van der Waals surface area contributed by atoms with Crippen LogP contribution in [0.4, 0.5) is 5.82 Å². The van der Waals surface area contributed by atoms with Gasteiger partial charge in [0.1, 0.15) is 5.82 Å². The molecule has 0 saturated carbocycles. The molecule has 1 aliphatic rings. The van der Waals surface area contributed by atoms with Crippen LogP contribution in [0, 0.1) is 12.8 Å². The van der Waals surface area contributed by atoms with Gasteiger partial charge in [-0.1, -0.05) is 13.0 Å². The van der Waals surface area contributed by atoms with Crippen LogP contribution < -0.4 is 4.90 Å². The minimum atomic E-state index is 0.324. The smallest absolute Gasteiger partial charge is 0.131 e. The second kappa shape index (κ2) is 4.40. The Balaban J connectivity index is 2.15. The van der Waals surface area contributed by atoms with E-state index >= 15 is 0 Å². The van der Waals surface area contributed by atoms with Gasteiger partial charge >= 0.3 is 0 Å². The van der Waals surface area contributed by atoms with Gasteiger partial charge in [-0.05, 0) is 30.9 Å². The molecule has 2 rings (SSSR count). The molecule has 0 N–H and O–H groups in total. The molecule has 0 radical (unpaired) electrons. The number of piperidine rings is 1. The molecule has 3 heteroatoms. The van der Waals surface area contributed by atoms with Gasteiger partial charge in [-0.15, -0.1) is 11.6 Å². The van der Waals surface area contributed by atoms with Gasteiger partial charge in [0.15, 0.2) is 0 Å². The van der Waals surface area contributed by atoms with E-state index in [0.29, 0.717) is 11.3 Å². The Morgan fingerprint density at radius 2 is 2.33 bits per heavy atom. The fourth-order valence-electron chi connectivity index (χ4n) is 2.12. The largest absolute Gasteiger partial charge is 0.356 e. The number of aryl methyl sites for hydroxylation is 1. The van der Waals surface area contributed by atoms with Gasteiger partial charge in [0.05, 0.1) is 0 Å². The summed E-state index contributed by atoms with van der Waals surface area (Å²) >= 11 is 6.21. The van der Waals surface area contributed by atoms with Crippen LogP contribution >= 0.6 is 11.6 Å². The van der Waals surface area contributed by atoms with E-state index in [4.69, 9.17) is 11.6 Å². The minimum Gasteiger partial charge on any atom is -0.356 e. The average molecular weight is 225 g/mol. The third kappa shape index (κ3) is 2.25. The number of nitrogens with zero attached hydrogens (tertiary/aromatic N) is 2. The van der Waals surface area contributed by atoms with Gasteiger partial charge in [-0.3, -0.25) is 0 Å². The molecule has 2 nitrogen and oxygen atoms in total. The highest BCUT2D eigenvalue weighted by atomic mass is 35.5. The Bertz CT molecular complexity index is 340. The molecule has 0 aliphatic carbocycles. The Morgan fingerprint density at radius 3 is 3.00 bits per heavy atom. The standard InChI is InChI=1S/C12H17ClN2/c1-9-4-3-6-14-12(9)15-7-5-11(13)10(2)8-15/h3-4,6,10-11H,5,7-8H2,1-2H3. The second-order valence-electron chi connectivity index (χ2n) is 4.37. The molecule has 1 fully saturated rings. The molecule has 1 aliphatic heterocycles. The van der Waals surface area contributed by atoms with Crippen LogP contribution in [-0.4, -0.2) is 23.5 Å². The lowest BCUT2D eigenvalue weighted by Gasteiger charge is -2.35. The van der Waals surface area contributed by atoms with Crippen LogP contribution in [0.25, 0.3) is 0 Å². The zero-order valence-electron chi connectivity index (χ0n) is 9.28. The molecule has 1 aromatic heterocycles. The van der Waals surface area contributed by atoms with Crippen molar-refractivity contribution >= 4 is 17.4 Å². The number of pyridine rings is 1. The molecule has 1 saturated heterocycles. The van der Waals surface area contributed by atoms with Crippen LogP contribution in [0.2, 0.25) is 0 Å². The van der Waals surface area contributed by atoms with Crippen molar-refractivity contribution in [2.24, 2.45) is 5.92 Å². The summed E-state index contributed by atoms with van der Waals surface area (Å²) in [6.07, 6.45) is 2.92. The highest BCUT2D eigenvalue weighted by molar-refractivity contribution is 6.20. The third-order valence-electron chi connectivity index (χ3n) is 3.08. The molecule has 82 valence electrons. The van der Waals surface area contributed by atoms with E-state index in [1.54, 1.807) is 0 Å². The first kappa shape index (κ1) is 10.7. The summed E-state index contributed by atoms with van der Waals surface area (Å²) in [7, 11) is 0. The zero-order valence-corrected chi connectivity index (χ0v) is 10.0. The van der Waals surface area contributed by atoms with Crippen LogP contribution in [0.5, 0.6) is 0 Å². The van der Waals surface area contributed by atoms with Crippen LogP contribution in [0.15, 0.2) is 18.3 Å². The van der Waals surface area contributed by atoms with Crippen LogP contribution in [0.1, 0.15) is 18.9 Å². The molecular weight excluding hydrogens is 208 g/mol. The summed E-state index contributed by atoms with van der Waals surface area (Å²) in [4.78, 5) is 6.79. The second-order valence-corrected chi connectivity index (χ2v) is 4.93. The first-order valence-electron chi connectivity index (χ1n) is 5.49. The summed E-state index contributed by atoms with van der Waals surface area (Å²) in [5.74, 6) is 1.66. The van der Waals surface area contributed by atoms with Crippen LogP contribution in [-0.2, 0) is 0 Å². The molecule has 0 spiro atoms. The number of rotatable bonds is 1. The minimum absolute atomic E-state index is 0.324. The summed E-state index contributed by atoms with van der Waals surface area (Å²) in [5, 5.41) is 0.324. The van der Waals surface area contributed by atoms with E-state index in [-0.39, 0.29) is 0 Å². The third-order valence-corrected chi connectivity index (χ3v) is 3.73. The lowest BCUT2D eigenvalue weighted by atomic mass is 9.99. The van der Waals surface area contributed by atoms with Crippen molar-refractivity contribution in [1.82, 2.24) is 4.98 Å². The lowest BCUT2D eigenvalue weighted by molar-refractivity contribution is 0.452. The summed E-state index contributed by atoms with van der Waals surface area (Å²) in [6.45, 7) is 6.37. The Morgan fingerprint density at radius 1 is 1.53 bits per heavy atom. The van der Waals surface area contributed by atoms with E-state index in [2.05, 4.69) is 29.8 Å². The maximum Gasteiger partial charge on any atom is 0.131 e. The average Bonchev–Trinajstić information content (AvgIpc) is 2.23. The fraction of sp³-hybridized carbons (Fsp3) is 0.583. The van der Waals surface area contributed by atoms with Crippen molar-refractivity contribution in [3.05, 3.63) is 23.9 Å². The zero-order chi connectivity index (χ0) is 10.8. The number of halogens is 1. The van der Waals surface area contributed by atoms with Crippen molar-refractivity contribution in [2.45, 2.75) is 25.6 Å². The van der Waals surface area contributed by atoms with E-state index in [0.717, 1.165) is 25.3 Å². The van der Waals surface area contributed by atoms with Crippen molar-refractivity contribution in [2.75, 3.05) is 18.0 Å². The number of hydrogen-bond acceptors (Lipinski definition) is 2. The van der Waals surface area contributed by atoms with Crippen molar-refractivity contribution in [1.29, 1.82) is 0 Å². The van der Waals surface area contributed by atoms with Gasteiger partial charge in [0.25, 0.3) is 0 Å². The van der Waals surface area contributed by atoms with Gasteiger partial charge in [0.2, 0.25) is 0 Å². The highest BCUT2D eigenvalue weighted by Crippen LogP contribution is 2.26. The number of anilines is 1. The molecule has 0 amide bonds. The van der Waals surface area contributed by atoms with E-state index in [1.807, 2.05) is 12.3 Å². The topological polar surface area (TPSA) is 16.1 Å². The van der Waals surface area contributed by atoms with Gasteiger partial charge in [0, 0.05) is 24.7 Å². The Labute approximate surface area is 96.3 Å². The monoisotopic (exact) mass is 224 g/mol. The van der Waals surface area contributed by atoms with E-state index < -0.39 is 0 Å². The molecule has 0 aromatic carbocycles. The summed E-state index contributed by atoms with van der Waals surface area (Å²) < 4.78 is 0. The SMILES string of the molecule is Cc1cccnc1N1CCC(Cl)C(C)C1. The fourth-order valence-corrected chi connectivity index (χ4v) is 2.30. The first-order valence-corrected chi connectivity index (χ1v) is 5.93. The van der Waals surface area contributed by atoms with Crippen molar-refractivity contribution in [3.63, 3.8) is 0 Å². The Hall–Kier alpha value is -0.760. The maximum atomic E-state index is 6.21. The Kier molecular flexibility index (Phi) is 3.15. The predicted molar refractivity (Wildman–Crippen MR) is 64.6 cm³/mol. The molecule has 1 aromatic rings. The highest BCUT2D eigenvalue weighted by Gasteiger charge is 2.25. The number of alkyl halides is 1. The summed E-state index contributed by atoms with van der Waals surface area (Å²) in [5.41, 5.74) is 1.25. The van der Waals surface area contributed by atoms with Crippen LogP contribution in [0.3, 0.4) is 0 Å². The summed E-state index contributed by atoms with van der Waals surface area (Å²) in [6, 6.07) is 4.09. The number of hydrogen-bond donors (Lipinski definition) is 0. The molecule has 0 bridgehead atoms. The van der Waals surface area contributed by atoms with Gasteiger partial charge in [-0.25, -0.2) is 4.98 Å². The molecule has 15 heavy (non-hydrogen) atoms. The van der Waals surface area contributed by atoms with E-state index in [9.17, 15) is 0 Å². The van der Waals surface area contributed by atoms with Gasteiger partial charge in [-0.2, -0.15) is 0 Å². The quantitative estimate of drug-likeness (QED) is 0.682. The predicted octanol–water partition coefficient (Wildman–Crippen LogP) is 2.84. The lowest BCUT2D eigenvalue weighted by Crippen LogP contribution is -2.40. The normalized spacial score (nSPS) is 26.7. The van der Waals surface area contributed by atoms with Crippen molar-refractivity contribution in [3.8, 4) is 0 Å². The maximum absolute atomic E-state index is 6.21.